The molecule has 1 heterocycles. The number of fused-ring (bicyclic) bond motifs is 1. The van der Waals surface area contributed by atoms with Gasteiger partial charge in [-0.1, -0.05) is 99.6 Å². The molecule has 2 atom stereocenters. The quantitative estimate of drug-likeness (QED) is 0.357. The number of aliphatic hydroxyl groups is 1. The third kappa shape index (κ3) is 6.20. The van der Waals surface area contributed by atoms with Gasteiger partial charge in [0.2, 0.25) is 0 Å². The van der Waals surface area contributed by atoms with Crippen molar-refractivity contribution < 1.29 is 9.53 Å². The van der Waals surface area contributed by atoms with E-state index >= 15 is 0 Å². The van der Waals surface area contributed by atoms with E-state index in [-0.39, 0.29) is 27.9 Å². The first-order valence-electron chi connectivity index (χ1n) is 15.5. The number of hydrogen-bond acceptors (Lipinski definition) is 3. The van der Waals surface area contributed by atoms with Crippen molar-refractivity contribution in [2.24, 2.45) is 5.41 Å². The maximum Gasteiger partial charge on any atom is 0.192 e. The molecule has 0 aliphatic heterocycles. The maximum atomic E-state index is 12.2. The third-order valence-corrected chi connectivity index (χ3v) is 14.1. The van der Waals surface area contributed by atoms with Gasteiger partial charge < -0.3 is 9.53 Å². The zero-order valence-corrected chi connectivity index (χ0v) is 28.5. The Bertz CT molecular complexity index is 1260. The average molecular weight is 562 g/mol. The topological polar surface area (TPSA) is 42.4 Å². The summed E-state index contributed by atoms with van der Waals surface area (Å²) in [6, 6.07) is 8.60. The van der Waals surface area contributed by atoms with Gasteiger partial charge in [0.05, 0.1) is 6.10 Å². The number of aliphatic hydroxyl groups excluding tert-OH is 1. The highest BCUT2D eigenvalue weighted by atomic mass is 28.4. The number of allylic oxidation sites excluding steroid dienone is 2. The molecule has 1 N–H and O–H groups in total. The zero-order valence-electron chi connectivity index (χ0n) is 27.5. The molecule has 2 aliphatic rings. The predicted octanol–water partition coefficient (Wildman–Crippen LogP) is 10.2. The summed E-state index contributed by atoms with van der Waals surface area (Å²) in [6.07, 6.45) is 6.90. The molecule has 0 amide bonds. The monoisotopic (exact) mass is 561 g/mol. The van der Waals surface area contributed by atoms with Crippen LogP contribution < -0.4 is 0 Å². The van der Waals surface area contributed by atoms with E-state index in [2.05, 4.69) is 113 Å². The molecule has 0 saturated heterocycles. The lowest BCUT2D eigenvalue weighted by Gasteiger charge is -2.45. The molecule has 1 aromatic heterocycles. The van der Waals surface area contributed by atoms with Crippen molar-refractivity contribution >= 4 is 13.9 Å². The lowest BCUT2D eigenvalue weighted by Crippen LogP contribution is -2.44. The number of aromatic nitrogens is 1. The van der Waals surface area contributed by atoms with Crippen LogP contribution in [0.15, 0.2) is 30.3 Å². The Balaban J connectivity index is 1.99. The highest BCUT2D eigenvalue weighted by Gasteiger charge is 2.45. The molecule has 0 saturated carbocycles. The first-order chi connectivity index (χ1) is 18.3. The van der Waals surface area contributed by atoms with Crippen molar-refractivity contribution in [3.8, 4) is 0 Å². The van der Waals surface area contributed by atoms with E-state index in [9.17, 15) is 5.11 Å². The summed E-state index contributed by atoms with van der Waals surface area (Å²) >= 11 is 0. The van der Waals surface area contributed by atoms with Crippen LogP contribution in [-0.4, -0.2) is 18.4 Å². The summed E-state index contributed by atoms with van der Waals surface area (Å²) in [7, 11) is -2.06. The number of benzene rings is 1. The van der Waals surface area contributed by atoms with E-state index in [1.54, 1.807) is 0 Å². The summed E-state index contributed by atoms with van der Waals surface area (Å²) in [4.78, 5) is 5.43. The summed E-state index contributed by atoms with van der Waals surface area (Å²) < 4.78 is 7.29. The van der Waals surface area contributed by atoms with Gasteiger partial charge in [0, 0.05) is 22.5 Å². The molecular weight excluding hydrogens is 506 g/mol. The second-order valence-corrected chi connectivity index (χ2v) is 20.9. The Kier molecular flexibility index (Phi) is 8.44. The zero-order chi connectivity index (χ0) is 29.8. The van der Waals surface area contributed by atoms with Gasteiger partial charge in [-0.15, -0.1) is 0 Å². The van der Waals surface area contributed by atoms with E-state index in [0.717, 1.165) is 42.5 Å². The number of rotatable bonds is 6. The van der Waals surface area contributed by atoms with Crippen LogP contribution >= 0.6 is 0 Å². The van der Waals surface area contributed by atoms with Gasteiger partial charge in [-0.05, 0) is 89.2 Å². The van der Waals surface area contributed by atoms with Gasteiger partial charge in [-0.3, -0.25) is 4.98 Å². The van der Waals surface area contributed by atoms with Gasteiger partial charge >= 0.3 is 0 Å². The molecule has 0 fully saturated rings. The number of pyridine rings is 1. The molecule has 2 aliphatic carbocycles. The minimum atomic E-state index is -2.06. The van der Waals surface area contributed by atoms with Crippen molar-refractivity contribution in [1.82, 2.24) is 4.98 Å². The van der Waals surface area contributed by atoms with Crippen LogP contribution in [0.25, 0.3) is 5.57 Å². The SMILES string of the molecule is CC(C)c1nc2c(c(C3=CCCC3)c1[C@H](O)c1ccc(C(C)(C)C)cc1)[C@@H](O[Si](C)(C)C(C)(C)C)CC(C)(C)C2. The number of hydrogen-bond donors (Lipinski definition) is 1. The Morgan fingerprint density at radius 3 is 2.15 bits per heavy atom. The van der Waals surface area contributed by atoms with E-state index in [1.165, 1.54) is 34.4 Å². The highest BCUT2D eigenvalue weighted by molar-refractivity contribution is 6.74. The summed E-state index contributed by atoms with van der Waals surface area (Å²) in [5, 5.41) is 12.3. The Hall–Kier alpha value is -1.75. The molecule has 40 heavy (non-hydrogen) atoms. The van der Waals surface area contributed by atoms with Crippen LogP contribution in [0.4, 0.5) is 0 Å². The smallest absolute Gasteiger partial charge is 0.192 e. The maximum absolute atomic E-state index is 12.2. The number of nitrogens with zero attached hydrogens (tertiary/aromatic N) is 1. The van der Waals surface area contributed by atoms with E-state index < -0.39 is 14.4 Å². The lowest BCUT2D eigenvalue weighted by atomic mass is 9.71. The Morgan fingerprint density at radius 2 is 1.65 bits per heavy atom. The fraction of sp³-hybridized carbons (Fsp3) is 0.639. The molecule has 3 nitrogen and oxygen atoms in total. The fourth-order valence-electron chi connectivity index (χ4n) is 6.22. The highest BCUT2D eigenvalue weighted by Crippen LogP contribution is 2.52. The third-order valence-electron chi connectivity index (χ3n) is 9.60. The van der Waals surface area contributed by atoms with Crippen molar-refractivity contribution in [3.05, 3.63) is 69.5 Å². The first-order valence-corrected chi connectivity index (χ1v) is 18.5. The Morgan fingerprint density at radius 1 is 1.02 bits per heavy atom. The lowest BCUT2D eigenvalue weighted by molar-refractivity contribution is 0.105. The van der Waals surface area contributed by atoms with Crippen LogP contribution in [0.5, 0.6) is 0 Å². The van der Waals surface area contributed by atoms with Crippen LogP contribution in [0.1, 0.15) is 152 Å². The minimum Gasteiger partial charge on any atom is -0.410 e. The normalized spacial score (nSPS) is 20.4. The van der Waals surface area contributed by atoms with Gasteiger partial charge in [-0.2, -0.15) is 0 Å². The van der Waals surface area contributed by atoms with Crippen LogP contribution in [0, 0.1) is 5.41 Å². The van der Waals surface area contributed by atoms with E-state index in [4.69, 9.17) is 9.41 Å². The van der Waals surface area contributed by atoms with Crippen molar-refractivity contribution in [3.63, 3.8) is 0 Å². The van der Waals surface area contributed by atoms with Crippen molar-refractivity contribution in [1.29, 1.82) is 0 Å². The minimum absolute atomic E-state index is 0.0147. The second-order valence-electron chi connectivity index (χ2n) is 16.1. The van der Waals surface area contributed by atoms with Gasteiger partial charge in [0.25, 0.3) is 0 Å². The molecule has 1 aromatic carbocycles. The second kappa shape index (κ2) is 10.8. The summed E-state index contributed by atoms with van der Waals surface area (Å²) in [5.74, 6) is 0.203. The Labute approximate surface area is 246 Å². The van der Waals surface area contributed by atoms with E-state index in [1.807, 2.05) is 0 Å². The summed E-state index contributed by atoms with van der Waals surface area (Å²) in [6.45, 7) is 27.6. The molecule has 0 spiro atoms. The molecule has 2 aromatic rings. The van der Waals surface area contributed by atoms with Crippen molar-refractivity contribution in [2.75, 3.05) is 0 Å². The average Bonchev–Trinajstić information content (AvgIpc) is 3.35. The van der Waals surface area contributed by atoms with Crippen molar-refractivity contribution in [2.45, 2.75) is 143 Å². The van der Waals surface area contributed by atoms with Crippen LogP contribution in [-0.2, 0) is 16.3 Å². The van der Waals surface area contributed by atoms with Crippen LogP contribution in [0.2, 0.25) is 18.1 Å². The van der Waals surface area contributed by atoms with Crippen LogP contribution in [0.3, 0.4) is 0 Å². The molecule has 4 rings (SSSR count). The van der Waals surface area contributed by atoms with Gasteiger partial charge in [0.1, 0.15) is 6.10 Å². The fourth-order valence-corrected chi connectivity index (χ4v) is 7.49. The first kappa shape index (κ1) is 31.2. The molecule has 0 bridgehead atoms. The molecule has 4 heteroatoms. The van der Waals surface area contributed by atoms with Gasteiger partial charge in [-0.25, -0.2) is 0 Å². The molecule has 0 radical (unpaired) electrons. The van der Waals surface area contributed by atoms with E-state index in [0.29, 0.717) is 0 Å². The predicted molar refractivity (Wildman–Crippen MR) is 172 cm³/mol. The molecule has 220 valence electrons. The molecule has 0 unspecified atom stereocenters. The standard InChI is InChI=1S/C36H55NO2Si/c1-23(2)32-31(33(38)25-17-19-26(20-18-25)34(3,4)5)29(24-15-13-14-16-24)30-27(37-32)21-36(9,10)22-28(30)39-40(11,12)35(6,7)8/h15,17-20,23,28,33,38H,13-14,16,21-22H2,1-12H3/t28-,33+/m0/s1. The molecular formula is C36H55NO2Si. The van der Waals surface area contributed by atoms with Gasteiger partial charge in [0.15, 0.2) is 8.32 Å². The largest absolute Gasteiger partial charge is 0.410 e. The summed E-state index contributed by atoms with van der Waals surface area (Å²) in [5.41, 5.74) is 9.52.